The predicted molar refractivity (Wildman–Crippen MR) is 94.0 cm³/mol. The minimum Gasteiger partial charge on any atom is -0.339 e. The summed E-state index contributed by atoms with van der Waals surface area (Å²) in [6.45, 7) is 0. The summed E-state index contributed by atoms with van der Waals surface area (Å²) in [6, 6.07) is 14.5. The van der Waals surface area contributed by atoms with E-state index in [-0.39, 0.29) is 10.7 Å². The standard InChI is InChI=1S/C16H12ClFN4O2S/c17-11-1-5-13(6-2-11)19-15-9-10-16(21-20-15)22-25(23,24)14-7-3-12(18)4-8-14/h1-10H,(H,19,20)(H,21,22). The maximum absolute atomic E-state index is 12.9. The van der Waals surface area contributed by atoms with Gasteiger partial charge in [-0.05, 0) is 60.7 Å². The third-order valence-corrected chi connectivity index (χ3v) is 4.77. The summed E-state index contributed by atoms with van der Waals surface area (Å²) < 4.78 is 39.6. The molecule has 0 atom stereocenters. The molecule has 0 saturated carbocycles. The number of hydrogen-bond acceptors (Lipinski definition) is 5. The summed E-state index contributed by atoms with van der Waals surface area (Å²) in [6.07, 6.45) is 0. The van der Waals surface area contributed by atoms with Gasteiger partial charge in [-0.15, -0.1) is 10.2 Å². The van der Waals surface area contributed by atoms with Gasteiger partial charge in [0.25, 0.3) is 10.0 Å². The molecular weight excluding hydrogens is 367 g/mol. The number of sulfonamides is 1. The monoisotopic (exact) mass is 378 g/mol. The highest BCUT2D eigenvalue weighted by molar-refractivity contribution is 7.92. The average Bonchev–Trinajstić information content (AvgIpc) is 2.59. The number of benzene rings is 2. The maximum atomic E-state index is 12.9. The predicted octanol–water partition coefficient (Wildman–Crippen LogP) is 3.81. The Morgan fingerprint density at radius 1 is 0.840 bits per heavy atom. The first kappa shape index (κ1) is 17.1. The zero-order valence-corrected chi connectivity index (χ0v) is 14.2. The first-order valence-electron chi connectivity index (χ1n) is 7.07. The fourth-order valence-electron chi connectivity index (χ4n) is 1.94. The molecule has 0 spiro atoms. The van der Waals surface area contributed by atoms with Crippen molar-refractivity contribution in [1.29, 1.82) is 0 Å². The molecule has 2 N–H and O–H groups in total. The van der Waals surface area contributed by atoms with Crippen LogP contribution in [0.25, 0.3) is 0 Å². The Labute approximate surface area is 148 Å². The normalized spacial score (nSPS) is 11.1. The second-order valence-corrected chi connectivity index (χ2v) is 7.11. The molecule has 6 nitrogen and oxygen atoms in total. The van der Waals surface area contributed by atoms with E-state index in [1.807, 2.05) is 0 Å². The molecule has 0 aliphatic rings. The molecule has 9 heteroatoms. The molecule has 2 aromatic carbocycles. The van der Waals surface area contributed by atoms with Crippen LogP contribution in [0.1, 0.15) is 0 Å². The SMILES string of the molecule is O=S(=O)(Nc1ccc(Nc2ccc(Cl)cc2)nn1)c1ccc(F)cc1. The topological polar surface area (TPSA) is 84.0 Å². The van der Waals surface area contributed by atoms with Crippen molar-refractivity contribution in [3.05, 3.63) is 71.5 Å². The van der Waals surface area contributed by atoms with Crippen molar-refractivity contribution in [3.8, 4) is 0 Å². The molecule has 0 amide bonds. The molecular formula is C16H12ClFN4O2S. The Morgan fingerprint density at radius 3 is 2.04 bits per heavy atom. The minimum absolute atomic E-state index is 0.0472. The molecule has 3 rings (SSSR count). The molecule has 3 aromatic rings. The van der Waals surface area contributed by atoms with E-state index in [1.165, 1.54) is 18.2 Å². The van der Waals surface area contributed by atoms with E-state index in [0.29, 0.717) is 10.8 Å². The molecule has 0 aliphatic carbocycles. The Hall–Kier alpha value is -2.71. The third-order valence-electron chi connectivity index (χ3n) is 3.14. The highest BCUT2D eigenvalue weighted by Crippen LogP contribution is 2.19. The van der Waals surface area contributed by atoms with E-state index in [1.54, 1.807) is 30.3 Å². The molecule has 0 bridgehead atoms. The van der Waals surface area contributed by atoms with E-state index in [4.69, 9.17) is 11.6 Å². The molecule has 0 saturated heterocycles. The zero-order chi connectivity index (χ0) is 17.9. The summed E-state index contributed by atoms with van der Waals surface area (Å²) in [5.41, 5.74) is 0.762. The largest absolute Gasteiger partial charge is 0.339 e. The van der Waals surface area contributed by atoms with Crippen LogP contribution in [0.4, 0.5) is 21.7 Å². The lowest BCUT2D eigenvalue weighted by atomic mass is 10.3. The van der Waals surface area contributed by atoms with E-state index in [2.05, 4.69) is 20.2 Å². The van der Waals surface area contributed by atoms with Crippen molar-refractivity contribution in [3.63, 3.8) is 0 Å². The first-order chi connectivity index (χ1) is 11.9. The Balaban J connectivity index is 1.71. The van der Waals surface area contributed by atoms with Crippen LogP contribution in [0.3, 0.4) is 0 Å². The lowest BCUT2D eigenvalue weighted by Gasteiger charge is -2.08. The summed E-state index contributed by atoms with van der Waals surface area (Å²) in [7, 11) is -3.86. The minimum atomic E-state index is -3.86. The number of rotatable bonds is 5. The van der Waals surface area contributed by atoms with E-state index in [0.717, 1.165) is 17.8 Å². The van der Waals surface area contributed by atoms with Gasteiger partial charge >= 0.3 is 0 Å². The molecule has 0 radical (unpaired) electrons. The van der Waals surface area contributed by atoms with Crippen LogP contribution < -0.4 is 10.0 Å². The van der Waals surface area contributed by atoms with Crippen molar-refractivity contribution in [2.75, 3.05) is 10.0 Å². The number of nitrogens with zero attached hydrogens (tertiary/aromatic N) is 2. The molecule has 0 unspecified atom stereocenters. The lowest BCUT2D eigenvalue weighted by molar-refractivity contribution is 0.599. The van der Waals surface area contributed by atoms with Crippen LogP contribution in [-0.4, -0.2) is 18.6 Å². The molecule has 25 heavy (non-hydrogen) atoms. The quantitative estimate of drug-likeness (QED) is 0.705. The number of halogens is 2. The van der Waals surface area contributed by atoms with Gasteiger partial charge in [0, 0.05) is 10.7 Å². The van der Waals surface area contributed by atoms with E-state index >= 15 is 0 Å². The molecule has 128 valence electrons. The van der Waals surface area contributed by atoms with Crippen LogP contribution in [0.5, 0.6) is 0 Å². The van der Waals surface area contributed by atoms with Crippen LogP contribution in [0, 0.1) is 5.82 Å². The second-order valence-electron chi connectivity index (χ2n) is 5.00. The van der Waals surface area contributed by atoms with Gasteiger partial charge in [0.1, 0.15) is 5.82 Å². The first-order valence-corrected chi connectivity index (χ1v) is 8.93. The van der Waals surface area contributed by atoms with Gasteiger partial charge in [0.2, 0.25) is 0 Å². The Kier molecular flexibility index (Phi) is 4.82. The lowest BCUT2D eigenvalue weighted by Crippen LogP contribution is -2.14. The van der Waals surface area contributed by atoms with Gasteiger partial charge in [0.05, 0.1) is 4.90 Å². The van der Waals surface area contributed by atoms with Gasteiger partial charge in [-0.25, -0.2) is 12.8 Å². The van der Waals surface area contributed by atoms with Gasteiger partial charge in [-0.3, -0.25) is 4.72 Å². The van der Waals surface area contributed by atoms with Crippen molar-refractivity contribution in [1.82, 2.24) is 10.2 Å². The number of hydrogen-bond donors (Lipinski definition) is 2. The maximum Gasteiger partial charge on any atom is 0.263 e. The fourth-order valence-corrected chi connectivity index (χ4v) is 3.07. The van der Waals surface area contributed by atoms with Crippen LogP contribution in [0.15, 0.2) is 65.6 Å². The summed E-state index contributed by atoms with van der Waals surface area (Å²) >= 11 is 5.81. The smallest absolute Gasteiger partial charge is 0.263 e. The van der Waals surface area contributed by atoms with Crippen LogP contribution in [-0.2, 0) is 10.0 Å². The summed E-state index contributed by atoms with van der Waals surface area (Å²) in [4.78, 5) is -0.0703. The number of nitrogens with one attached hydrogen (secondary N) is 2. The Morgan fingerprint density at radius 2 is 1.44 bits per heavy atom. The van der Waals surface area contributed by atoms with Gasteiger partial charge in [-0.2, -0.15) is 0 Å². The van der Waals surface area contributed by atoms with Gasteiger partial charge < -0.3 is 5.32 Å². The number of aromatic nitrogens is 2. The number of anilines is 3. The molecule has 0 aliphatic heterocycles. The molecule has 1 heterocycles. The van der Waals surface area contributed by atoms with Gasteiger partial charge in [0.15, 0.2) is 11.6 Å². The van der Waals surface area contributed by atoms with Crippen molar-refractivity contribution < 1.29 is 12.8 Å². The molecule has 0 fully saturated rings. The fraction of sp³-hybridized carbons (Fsp3) is 0. The summed E-state index contributed by atoms with van der Waals surface area (Å²) in [5.74, 6) is -0.0330. The van der Waals surface area contributed by atoms with Crippen molar-refractivity contribution >= 4 is 38.9 Å². The van der Waals surface area contributed by atoms with E-state index < -0.39 is 15.8 Å². The van der Waals surface area contributed by atoms with E-state index in [9.17, 15) is 12.8 Å². The van der Waals surface area contributed by atoms with Crippen molar-refractivity contribution in [2.45, 2.75) is 4.90 Å². The average molecular weight is 379 g/mol. The summed E-state index contributed by atoms with van der Waals surface area (Å²) in [5, 5.41) is 11.3. The Bertz CT molecular complexity index is 963. The second kappa shape index (κ2) is 7.04. The van der Waals surface area contributed by atoms with Crippen LogP contribution >= 0.6 is 11.6 Å². The van der Waals surface area contributed by atoms with Crippen molar-refractivity contribution in [2.24, 2.45) is 0 Å². The van der Waals surface area contributed by atoms with Gasteiger partial charge in [-0.1, -0.05) is 11.6 Å². The highest BCUT2D eigenvalue weighted by Gasteiger charge is 2.15. The highest BCUT2D eigenvalue weighted by atomic mass is 35.5. The zero-order valence-electron chi connectivity index (χ0n) is 12.6. The molecule has 1 aromatic heterocycles. The third kappa shape index (κ3) is 4.43. The van der Waals surface area contributed by atoms with Crippen LogP contribution in [0.2, 0.25) is 5.02 Å².